The molecule has 3 aromatic rings. The lowest BCUT2D eigenvalue weighted by Gasteiger charge is -2.49. The van der Waals surface area contributed by atoms with Gasteiger partial charge in [-0.25, -0.2) is 4.79 Å². The maximum atomic E-state index is 13.2. The van der Waals surface area contributed by atoms with Crippen LogP contribution in [0.25, 0.3) is 0 Å². The number of hydrogen-bond donors (Lipinski definition) is 2. The first-order chi connectivity index (χ1) is 17.3. The standard InChI is InChI=1S/C30H32N2O4/c1-3-29(35)13-14-30(17-21-8-5-4-6-9-21)23(18-29)19-36-28(34)24-16-22(11-12-25(24)30)27(33)32-26-10-7-15-31-20(26)2/h4-12,15-16,23,35H,3,13-14,17-19H2,1-2H3,(H,32,33). The molecule has 6 nitrogen and oxygen atoms in total. The van der Waals surface area contributed by atoms with E-state index in [0.29, 0.717) is 36.1 Å². The van der Waals surface area contributed by atoms with E-state index in [9.17, 15) is 14.7 Å². The number of aliphatic hydroxyl groups is 1. The number of hydrogen-bond acceptors (Lipinski definition) is 5. The molecule has 1 aromatic heterocycles. The summed E-state index contributed by atoms with van der Waals surface area (Å²) < 4.78 is 5.78. The van der Waals surface area contributed by atoms with Crippen LogP contribution < -0.4 is 5.32 Å². The van der Waals surface area contributed by atoms with E-state index in [0.717, 1.165) is 24.1 Å². The number of fused-ring (bicyclic) bond motifs is 3. The highest BCUT2D eigenvalue weighted by Crippen LogP contribution is 2.52. The zero-order chi connectivity index (χ0) is 25.3. The number of rotatable bonds is 5. The fourth-order valence-electron chi connectivity index (χ4n) is 5.95. The minimum atomic E-state index is -0.761. The van der Waals surface area contributed by atoms with Gasteiger partial charge < -0.3 is 15.2 Å². The summed E-state index contributed by atoms with van der Waals surface area (Å²) in [5.74, 6) is -0.748. The van der Waals surface area contributed by atoms with Gasteiger partial charge in [-0.05, 0) is 74.4 Å². The van der Waals surface area contributed by atoms with Crippen LogP contribution in [0, 0.1) is 12.8 Å². The van der Waals surface area contributed by atoms with Crippen LogP contribution in [0.4, 0.5) is 5.69 Å². The topological polar surface area (TPSA) is 88.5 Å². The summed E-state index contributed by atoms with van der Waals surface area (Å²) in [6.07, 6.45) is 5.05. The van der Waals surface area contributed by atoms with Gasteiger partial charge in [-0.3, -0.25) is 9.78 Å². The molecule has 3 unspecified atom stereocenters. The van der Waals surface area contributed by atoms with Crippen LogP contribution in [0.5, 0.6) is 0 Å². The fourth-order valence-corrected chi connectivity index (χ4v) is 5.95. The van der Waals surface area contributed by atoms with Crippen molar-refractivity contribution in [2.24, 2.45) is 5.92 Å². The number of aromatic nitrogens is 1. The predicted octanol–water partition coefficient (Wildman–Crippen LogP) is 5.23. The molecule has 0 radical (unpaired) electrons. The molecule has 2 heterocycles. The first kappa shape index (κ1) is 24.2. The van der Waals surface area contributed by atoms with Gasteiger partial charge in [0.25, 0.3) is 5.91 Å². The molecular formula is C30H32N2O4. The van der Waals surface area contributed by atoms with Crippen molar-refractivity contribution in [3.63, 3.8) is 0 Å². The lowest BCUT2D eigenvalue weighted by Crippen LogP contribution is -2.50. The molecule has 1 saturated carbocycles. The number of nitrogens with zero attached hydrogens (tertiary/aromatic N) is 1. The molecule has 1 aliphatic carbocycles. The quantitative estimate of drug-likeness (QED) is 0.484. The van der Waals surface area contributed by atoms with Crippen LogP contribution >= 0.6 is 0 Å². The second kappa shape index (κ2) is 9.51. The monoisotopic (exact) mass is 484 g/mol. The highest BCUT2D eigenvalue weighted by atomic mass is 16.5. The first-order valence-corrected chi connectivity index (χ1v) is 12.6. The smallest absolute Gasteiger partial charge is 0.338 e. The molecule has 1 aliphatic heterocycles. The molecule has 36 heavy (non-hydrogen) atoms. The van der Waals surface area contributed by atoms with Crippen molar-refractivity contribution in [1.29, 1.82) is 0 Å². The van der Waals surface area contributed by atoms with Gasteiger partial charge in [0, 0.05) is 23.1 Å². The summed E-state index contributed by atoms with van der Waals surface area (Å²) in [5, 5.41) is 14.1. The highest BCUT2D eigenvalue weighted by Gasteiger charge is 2.52. The van der Waals surface area contributed by atoms with Gasteiger partial charge in [0.15, 0.2) is 0 Å². The predicted molar refractivity (Wildman–Crippen MR) is 138 cm³/mol. The number of amides is 1. The number of carbonyl (C=O) groups excluding carboxylic acids is 2. The van der Waals surface area contributed by atoms with E-state index >= 15 is 0 Å². The van der Waals surface area contributed by atoms with E-state index in [1.807, 2.05) is 38.1 Å². The average molecular weight is 485 g/mol. The van der Waals surface area contributed by atoms with Crippen molar-refractivity contribution in [2.75, 3.05) is 11.9 Å². The van der Waals surface area contributed by atoms with E-state index in [1.54, 1.807) is 30.5 Å². The summed E-state index contributed by atoms with van der Waals surface area (Å²) in [6, 6.07) is 19.2. The molecule has 2 N–H and O–H groups in total. The van der Waals surface area contributed by atoms with Gasteiger partial charge >= 0.3 is 5.97 Å². The van der Waals surface area contributed by atoms with Crippen LogP contribution in [-0.2, 0) is 16.6 Å². The van der Waals surface area contributed by atoms with Crippen LogP contribution in [0.3, 0.4) is 0 Å². The summed E-state index contributed by atoms with van der Waals surface area (Å²) in [6.45, 7) is 4.09. The zero-order valence-corrected chi connectivity index (χ0v) is 20.8. The van der Waals surface area contributed by atoms with Crippen LogP contribution in [0.15, 0.2) is 66.9 Å². The Labute approximate surface area is 211 Å². The van der Waals surface area contributed by atoms with Crippen molar-refractivity contribution in [2.45, 2.75) is 57.0 Å². The maximum absolute atomic E-state index is 13.2. The largest absolute Gasteiger partial charge is 0.462 e. The number of pyridine rings is 1. The lowest BCUT2D eigenvalue weighted by atomic mass is 9.56. The normalized spacial score (nSPS) is 25.2. The van der Waals surface area contributed by atoms with E-state index in [-0.39, 0.29) is 23.8 Å². The molecule has 0 spiro atoms. The van der Waals surface area contributed by atoms with E-state index in [1.165, 1.54) is 5.56 Å². The highest BCUT2D eigenvalue weighted by molar-refractivity contribution is 6.06. The summed E-state index contributed by atoms with van der Waals surface area (Å²) >= 11 is 0. The molecule has 6 heteroatoms. The van der Waals surface area contributed by atoms with Gasteiger partial charge in [0.2, 0.25) is 0 Å². The molecular weight excluding hydrogens is 452 g/mol. The summed E-state index contributed by atoms with van der Waals surface area (Å²) in [5.41, 5.74) is 3.13. The minimum absolute atomic E-state index is 0.0284. The first-order valence-electron chi connectivity index (χ1n) is 12.6. The molecule has 5 rings (SSSR count). The molecule has 2 aliphatic rings. The molecule has 3 atom stereocenters. The third-order valence-electron chi connectivity index (χ3n) is 8.17. The van der Waals surface area contributed by atoms with E-state index in [2.05, 4.69) is 22.4 Å². The number of esters is 1. The number of aryl methyl sites for hydroxylation is 1. The number of benzene rings is 2. The van der Waals surface area contributed by atoms with Crippen molar-refractivity contribution in [3.05, 3.63) is 94.8 Å². The summed E-state index contributed by atoms with van der Waals surface area (Å²) in [7, 11) is 0. The molecule has 2 aromatic carbocycles. The van der Waals surface area contributed by atoms with Gasteiger partial charge in [-0.2, -0.15) is 0 Å². The molecule has 0 saturated heterocycles. The third kappa shape index (κ3) is 4.42. The molecule has 1 fully saturated rings. The second-order valence-corrected chi connectivity index (χ2v) is 10.2. The Hall–Kier alpha value is -3.51. The zero-order valence-electron chi connectivity index (χ0n) is 20.8. The second-order valence-electron chi connectivity index (χ2n) is 10.2. The SMILES string of the molecule is CCC1(O)CCC2(Cc3ccccc3)c3ccc(C(=O)Nc4cccnc4C)cc3C(=O)OCC2C1. The number of cyclic esters (lactones) is 1. The van der Waals surface area contributed by atoms with Crippen molar-refractivity contribution >= 4 is 17.6 Å². The maximum Gasteiger partial charge on any atom is 0.338 e. The fraction of sp³-hybridized carbons (Fsp3) is 0.367. The van der Waals surface area contributed by atoms with Crippen LogP contribution in [0.1, 0.15) is 70.1 Å². The van der Waals surface area contributed by atoms with E-state index < -0.39 is 11.6 Å². The Bertz CT molecular complexity index is 1290. The summed E-state index contributed by atoms with van der Waals surface area (Å²) in [4.78, 5) is 30.6. The van der Waals surface area contributed by atoms with Crippen molar-refractivity contribution in [1.82, 2.24) is 4.98 Å². The van der Waals surface area contributed by atoms with Gasteiger partial charge in [-0.1, -0.05) is 43.3 Å². The third-order valence-corrected chi connectivity index (χ3v) is 8.17. The number of nitrogens with one attached hydrogen (secondary N) is 1. The van der Waals surface area contributed by atoms with Crippen molar-refractivity contribution < 1.29 is 19.4 Å². The molecule has 1 amide bonds. The van der Waals surface area contributed by atoms with Crippen LogP contribution in [0.2, 0.25) is 0 Å². The van der Waals surface area contributed by atoms with Crippen molar-refractivity contribution in [3.8, 4) is 0 Å². The Morgan fingerprint density at radius 3 is 2.69 bits per heavy atom. The van der Waals surface area contributed by atoms with Gasteiger partial charge in [-0.15, -0.1) is 0 Å². The number of ether oxygens (including phenoxy) is 1. The molecule has 0 bridgehead atoms. The number of carbonyl (C=O) groups is 2. The Morgan fingerprint density at radius 2 is 1.94 bits per heavy atom. The van der Waals surface area contributed by atoms with Crippen LogP contribution in [-0.4, -0.2) is 34.2 Å². The minimum Gasteiger partial charge on any atom is -0.462 e. The lowest BCUT2D eigenvalue weighted by molar-refractivity contribution is -0.0612. The number of anilines is 1. The Balaban J connectivity index is 1.57. The van der Waals surface area contributed by atoms with Gasteiger partial charge in [0.1, 0.15) is 0 Å². The van der Waals surface area contributed by atoms with Gasteiger partial charge in [0.05, 0.1) is 29.2 Å². The van der Waals surface area contributed by atoms with E-state index in [4.69, 9.17) is 4.74 Å². The Morgan fingerprint density at radius 1 is 1.14 bits per heavy atom. The molecule has 186 valence electrons. The average Bonchev–Trinajstić information content (AvgIpc) is 3.00. The Kier molecular flexibility index (Phi) is 6.39.